The van der Waals surface area contributed by atoms with Crippen LogP contribution in [0.15, 0.2) is 85.0 Å². The molecule has 0 bridgehead atoms. The van der Waals surface area contributed by atoms with Gasteiger partial charge in [-0.3, -0.25) is 4.79 Å². The summed E-state index contributed by atoms with van der Waals surface area (Å²) in [4.78, 5) is 19.4. The van der Waals surface area contributed by atoms with Crippen LogP contribution in [0.1, 0.15) is 24.0 Å². The normalized spacial score (nSPS) is 15.5. The third-order valence-electron chi connectivity index (χ3n) is 6.00. The Balaban J connectivity index is 1.40. The van der Waals surface area contributed by atoms with Gasteiger partial charge in [-0.2, -0.15) is 0 Å². The molecule has 1 saturated heterocycles. The van der Waals surface area contributed by atoms with Crippen LogP contribution in [0, 0.1) is 0 Å². The zero-order valence-corrected chi connectivity index (χ0v) is 18.1. The van der Waals surface area contributed by atoms with E-state index in [1.165, 1.54) is 16.3 Å². The highest BCUT2D eigenvalue weighted by Gasteiger charge is 2.23. The number of rotatable bonds is 5. The fourth-order valence-corrected chi connectivity index (χ4v) is 4.39. The summed E-state index contributed by atoms with van der Waals surface area (Å²) >= 11 is 0. The molecule has 2 heterocycles. The molecule has 0 N–H and O–H groups in total. The summed E-state index contributed by atoms with van der Waals surface area (Å²) in [5, 5.41) is 2.41. The van der Waals surface area contributed by atoms with Gasteiger partial charge in [-0.15, -0.1) is 0 Å². The minimum atomic E-state index is 0.113. The number of ether oxygens (including phenoxy) is 1. The lowest BCUT2D eigenvalue weighted by molar-refractivity contribution is -0.129. The van der Waals surface area contributed by atoms with Gasteiger partial charge < -0.3 is 14.2 Å². The first kappa shape index (κ1) is 20.1. The number of nitrogens with zero attached hydrogens (tertiary/aromatic N) is 3. The van der Waals surface area contributed by atoms with Crippen LogP contribution in [0.2, 0.25) is 0 Å². The zero-order chi connectivity index (χ0) is 21.9. The number of hydrogen-bond acceptors (Lipinski definition) is 3. The summed E-state index contributed by atoms with van der Waals surface area (Å²) in [5.74, 6) is 0.857. The number of carbonyl (C=O) groups excluding carboxylic acids is 1. The van der Waals surface area contributed by atoms with Crippen molar-refractivity contribution in [3.05, 3.63) is 96.1 Å². The maximum Gasteiger partial charge on any atom is 0.250 e. The molecule has 32 heavy (non-hydrogen) atoms. The Labute approximate surface area is 187 Å². The minimum Gasteiger partial charge on any atom is -0.495 e. The topological polar surface area (TPSA) is 47.4 Å². The van der Waals surface area contributed by atoms with Crippen molar-refractivity contribution in [3.8, 4) is 11.4 Å². The first-order chi connectivity index (χ1) is 15.7. The van der Waals surface area contributed by atoms with Crippen molar-refractivity contribution in [1.82, 2.24) is 14.5 Å². The summed E-state index contributed by atoms with van der Waals surface area (Å²) in [6, 6.07) is 20.6. The molecule has 0 aliphatic carbocycles. The number of amides is 1. The molecule has 0 spiro atoms. The number of hydrogen-bond donors (Lipinski definition) is 0. The predicted octanol–water partition coefficient (Wildman–Crippen LogP) is 5.24. The van der Waals surface area contributed by atoms with Crippen molar-refractivity contribution in [2.45, 2.75) is 19.4 Å². The van der Waals surface area contributed by atoms with Crippen LogP contribution in [0.4, 0.5) is 0 Å². The monoisotopic (exact) mass is 423 g/mol. The van der Waals surface area contributed by atoms with Gasteiger partial charge in [0.2, 0.25) is 5.91 Å². The van der Waals surface area contributed by atoms with Gasteiger partial charge in [-0.1, -0.05) is 48.5 Å². The molecule has 0 atom stereocenters. The van der Waals surface area contributed by atoms with E-state index < -0.39 is 0 Å². The Hall–Kier alpha value is -3.86. The van der Waals surface area contributed by atoms with Crippen LogP contribution in [0.3, 0.4) is 0 Å². The Kier molecular flexibility index (Phi) is 5.46. The van der Waals surface area contributed by atoms with Gasteiger partial charge in [0.15, 0.2) is 0 Å². The van der Waals surface area contributed by atoms with E-state index in [9.17, 15) is 4.79 Å². The quantitative estimate of drug-likeness (QED) is 0.413. The van der Waals surface area contributed by atoms with E-state index in [1.807, 2.05) is 46.0 Å². The number of fused-ring (bicyclic) bond motifs is 1. The molecular formula is C27H25N3O2. The van der Waals surface area contributed by atoms with Gasteiger partial charge >= 0.3 is 0 Å². The molecule has 0 saturated carbocycles. The zero-order valence-electron chi connectivity index (χ0n) is 18.1. The van der Waals surface area contributed by atoms with Gasteiger partial charge in [0.25, 0.3) is 0 Å². The van der Waals surface area contributed by atoms with Crippen molar-refractivity contribution in [1.29, 1.82) is 0 Å². The molecule has 1 amide bonds. The molecule has 5 nitrogen and oxygen atoms in total. The van der Waals surface area contributed by atoms with E-state index in [1.54, 1.807) is 19.6 Å². The molecule has 0 unspecified atom stereocenters. The Bertz CT molecular complexity index is 1290. The number of benzene rings is 3. The molecule has 1 aliphatic rings. The SMILES string of the molecule is COc1cc(/C=C2\CCCN(Cc3cccc4ccccc34)C2=O)ccc1-n1ccnc1. The summed E-state index contributed by atoms with van der Waals surface area (Å²) in [6.45, 7) is 1.41. The molecule has 0 radical (unpaired) electrons. The van der Waals surface area contributed by atoms with Crippen molar-refractivity contribution in [2.24, 2.45) is 0 Å². The van der Waals surface area contributed by atoms with Gasteiger partial charge in [0, 0.05) is 31.1 Å². The number of piperidine rings is 1. The largest absolute Gasteiger partial charge is 0.495 e. The second-order valence-corrected chi connectivity index (χ2v) is 8.04. The van der Waals surface area contributed by atoms with E-state index in [2.05, 4.69) is 41.4 Å². The number of aromatic nitrogens is 2. The predicted molar refractivity (Wildman–Crippen MR) is 127 cm³/mol. The standard InChI is InChI=1S/C27H25N3O2/c1-32-26-17-20(11-12-25(26)30-15-13-28-19-30)16-22-9-5-14-29(27(22)31)18-23-8-4-7-21-6-2-3-10-24(21)23/h2-4,6-8,10-13,15-17,19H,5,9,14,18H2,1H3/b22-16+. The van der Waals surface area contributed by atoms with E-state index in [0.717, 1.165) is 42.0 Å². The number of methoxy groups -OCH3 is 1. The van der Waals surface area contributed by atoms with Crippen molar-refractivity contribution >= 4 is 22.8 Å². The first-order valence-corrected chi connectivity index (χ1v) is 10.9. The Morgan fingerprint density at radius 3 is 2.81 bits per heavy atom. The fourth-order valence-electron chi connectivity index (χ4n) is 4.39. The molecule has 160 valence electrons. The van der Waals surface area contributed by atoms with Crippen LogP contribution in [0.5, 0.6) is 5.75 Å². The summed E-state index contributed by atoms with van der Waals surface area (Å²) in [7, 11) is 1.66. The highest BCUT2D eigenvalue weighted by Crippen LogP contribution is 2.28. The Morgan fingerprint density at radius 2 is 1.97 bits per heavy atom. The third kappa shape index (κ3) is 3.89. The molecule has 4 aromatic rings. The van der Waals surface area contributed by atoms with Crippen LogP contribution in [0.25, 0.3) is 22.5 Å². The van der Waals surface area contributed by atoms with Gasteiger partial charge in [0.1, 0.15) is 5.75 Å². The number of carbonyl (C=O) groups is 1. The second kappa shape index (κ2) is 8.71. The van der Waals surface area contributed by atoms with Crippen LogP contribution in [-0.2, 0) is 11.3 Å². The van der Waals surface area contributed by atoms with Crippen molar-refractivity contribution < 1.29 is 9.53 Å². The summed E-state index contributed by atoms with van der Waals surface area (Å²) < 4.78 is 7.50. The maximum absolute atomic E-state index is 13.3. The molecule has 1 aliphatic heterocycles. The van der Waals surface area contributed by atoms with E-state index in [4.69, 9.17) is 4.74 Å². The molecule has 3 aromatic carbocycles. The first-order valence-electron chi connectivity index (χ1n) is 10.9. The van der Waals surface area contributed by atoms with Crippen molar-refractivity contribution in [3.63, 3.8) is 0 Å². The molecular weight excluding hydrogens is 398 g/mol. The highest BCUT2D eigenvalue weighted by molar-refractivity contribution is 5.99. The van der Waals surface area contributed by atoms with Gasteiger partial charge in [0.05, 0.1) is 19.1 Å². The molecule has 1 fully saturated rings. The fraction of sp³-hybridized carbons (Fsp3) is 0.185. The lowest BCUT2D eigenvalue weighted by atomic mass is 9.98. The third-order valence-corrected chi connectivity index (χ3v) is 6.00. The van der Waals surface area contributed by atoms with Gasteiger partial charge in [-0.05, 0) is 52.9 Å². The summed E-state index contributed by atoms with van der Waals surface area (Å²) in [6.07, 6.45) is 9.11. The van der Waals surface area contributed by atoms with Crippen LogP contribution >= 0.6 is 0 Å². The second-order valence-electron chi connectivity index (χ2n) is 8.04. The number of imidazole rings is 1. The summed E-state index contributed by atoms with van der Waals surface area (Å²) in [5.41, 5.74) is 3.90. The lowest BCUT2D eigenvalue weighted by Crippen LogP contribution is -2.36. The molecule has 1 aromatic heterocycles. The van der Waals surface area contributed by atoms with Crippen LogP contribution in [-0.4, -0.2) is 34.0 Å². The highest BCUT2D eigenvalue weighted by atomic mass is 16.5. The maximum atomic E-state index is 13.3. The van der Waals surface area contributed by atoms with Gasteiger partial charge in [-0.25, -0.2) is 4.98 Å². The van der Waals surface area contributed by atoms with Crippen molar-refractivity contribution in [2.75, 3.05) is 13.7 Å². The average Bonchev–Trinajstić information content (AvgIpc) is 3.36. The van der Waals surface area contributed by atoms with E-state index in [0.29, 0.717) is 6.54 Å². The van der Waals surface area contributed by atoms with E-state index in [-0.39, 0.29) is 5.91 Å². The smallest absolute Gasteiger partial charge is 0.250 e. The van der Waals surface area contributed by atoms with Crippen LogP contribution < -0.4 is 4.74 Å². The van der Waals surface area contributed by atoms with E-state index >= 15 is 0 Å². The molecule has 5 heteroatoms. The molecule has 5 rings (SSSR count). The number of likely N-dealkylation sites (tertiary alicyclic amines) is 1. The minimum absolute atomic E-state index is 0.113. The lowest BCUT2D eigenvalue weighted by Gasteiger charge is -2.29. The average molecular weight is 424 g/mol. The Morgan fingerprint density at radius 1 is 1.09 bits per heavy atom.